The summed E-state index contributed by atoms with van der Waals surface area (Å²) in [5.74, 6) is 0.0207. The molecule has 0 spiro atoms. The van der Waals surface area contributed by atoms with Crippen LogP contribution in [0.2, 0.25) is 0 Å². The summed E-state index contributed by atoms with van der Waals surface area (Å²) in [5.41, 5.74) is 6.60. The summed E-state index contributed by atoms with van der Waals surface area (Å²) in [6.07, 6.45) is 0.904. The van der Waals surface area contributed by atoms with E-state index < -0.39 is 15.9 Å². The van der Waals surface area contributed by atoms with E-state index in [4.69, 9.17) is 5.73 Å². The topological polar surface area (TPSA) is 123 Å². The zero-order valence-electron chi connectivity index (χ0n) is 15.3. The molecule has 1 aromatic heterocycles. The molecule has 0 atom stereocenters. The number of nitrogens with zero attached hydrogens (tertiary/aromatic N) is 4. The highest BCUT2D eigenvalue weighted by Gasteiger charge is 2.32. The van der Waals surface area contributed by atoms with Crippen molar-refractivity contribution < 1.29 is 17.8 Å². The van der Waals surface area contributed by atoms with Gasteiger partial charge in [0.05, 0.1) is 4.90 Å². The number of hydrogen-bond acceptors (Lipinski definition) is 7. The molecule has 2 heterocycles. The zero-order valence-corrected chi connectivity index (χ0v) is 16.1. The molecule has 1 saturated heterocycles. The summed E-state index contributed by atoms with van der Waals surface area (Å²) >= 11 is 0. The number of hydrogen-bond donors (Lipinski definition) is 1. The molecule has 1 amide bonds. The van der Waals surface area contributed by atoms with Crippen LogP contribution in [0.15, 0.2) is 33.8 Å². The van der Waals surface area contributed by atoms with Gasteiger partial charge in [-0.05, 0) is 40.3 Å². The quantitative estimate of drug-likeness (QED) is 0.804. The summed E-state index contributed by atoms with van der Waals surface area (Å²) in [6, 6.07) is 7.00. The molecular formula is C17H23N5O4S. The van der Waals surface area contributed by atoms with Gasteiger partial charge in [-0.15, -0.1) is 0 Å². The van der Waals surface area contributed by atoms with E-state index in [0.29, 0.717) is 5.92 Å². The first-order valence-corrected chi connectivity index (χ1v) is 10.2. The van der Waals surface area contributed by atoms with Gasteiger partial charge in [0.25, 0.3) is 5.91 Å². The predicted molar refractivity (Wildman–Crippen MR) is 98.4 cm³/mol. The van der Waals surface area contributed by atoms with Gasteiger partial charge in [0.15, 0.2) is 0 Å². The Morgan fingerprint density at radius 2 is 1.78 bits per heavy atom. The molecule has 2 N–H and O–H groups in total. The lowest BCUT2D eigenvalue weighted by Gasteiger charge is -2.33. The highest BCUT2D eigenvalue weighted by atomic mass is 32.2. The Labute approximate surface area is 158 Å². The molecule has 1 aliphatic heterocycles. The van der Waals surface area contributed by atoms with E-state index in [1.165, 1.54) is 9.21 Å². The first kappa shape index (κ1) is 19.3. The lowest BCUT2D eigenvalue weighted by atomic mass is 10.0. The van der Waals surface area contributed by atoms with Crippen LogP contribution in [0.3, 0.4) is 0 Å². The Kier molecular flexibility index (Phi) is 5.47. The van der Waals surface area contributed by atoms with E-state index in [1.807, 2.05) is 12.1 Å². The maximum atomic E-state index is 12.8. The van der Waals surface area contributed by atoms with Crippen LogP contribution in [0.25, 0.3) is 0 Å². The molecule has 0 bridgehead atoms. The number of rotatable bonds is 5. The second-order valence-corrected chi connectivity index (χ2v) is 8.87. The minimum atomic E-state index is -3.59. The number of benzene rings is 1. The van der Waals surface area contributed by atoms with Crippen LogP contribution in [0, 0.1) is 5.92 Å². The molecule has 10 heteroatoms. The molecule has 27 heavy (non-hydrogen) atoms. The van der Waals surface area contributed by atoms with Gasteiger partial charge in [0.2, 0.25) is 21.5 Å². The van der Waals surface area contributed by atoms with E-state index in [9.17, 15) is 13.2 Å². The number of nitrogen functional groups attached to an aromatic ring is 1. The Hall–Kier alpha value is -2.46. The largest absolute Gasteiger partial charge is 0.379 e. The normalized spacial score (nSPS) is 16.0. The lowest BCUT2D eigenvalue weighted by molar-refractivity contribution is 0.0687. The van der Waals surface area contributed by atoms with Crippen molar-refractivity contribution >= 4 is 21.7 Å². The van der Waals surface area contributed by atoms with Gasteiger partial charge in [0, 0.05) is 26.2 Å². The number of nitrogens with two attached hydrogens (primary N) is 1. The van der Waals surface area contributed by atoms with Crippen molar-refractivity contribution in [2.45, 2.75) is 25.2 Å². The van der Waals surface area contributed by atoms with Crippen molar-refractivity contribution in [3.05, 3.63) is 35.5 Å². The molecule has 1 aliphatic rings. The molecule has 0 radical (unpaired) electrons. The molecule has 146 valence electrons. The number of aromatic nitrogens is 2. The van der Waals surface area contributed by atoms with Crippen molar-refractivity contribution in [1.82, 2.24) is 19.5 Å². The fourth-order valence-electron chi connectivity index (χ4n) is 3.04. The molecule has 1 fully saturated rings. The summed E-state index contributed by atoms with van der Waals surface area (Å²) < 4.78 is 31.5. The Morgan fingerprint density at radius 3 is 2.30 bits per heavy atom. The highest BCUT2D eigenvalue weighted by molar-refractivity contribution is 7.89. The molecule has 1 aromatic carbocycles. The molecule has 0 aliphatic carbocycles. The van der Waals surface area contributed by atoms with Crippen molar-refractivity contribution in [3.8, 4) is 0 Å². The summed E-state index contributed by atoms with van der Waals surface area (Å²) in [5, 5.41) is 6.89. The molecule has 3 rings (SSSR count). The number of anilines is 1. The van der Waals surface area contributed by atoms with Crippen LogP contribution in [0.1, 0.15) is 29.9 Å². The van der Waals surface area contributed by atoms with Crippen LogP contribution >= 0.6 is 0 Å². The lowest BCUT2D eigenvalue weighted by Crippen LogP contribution is -2.50. The summed E-state index contributed by atoms with van der Waals surface area (Å²) in [6.45, 7) is 5.13. The summed E-state index contributed by atoms with van der Waals surface area (Å²) in [4.78, 5) is 14.1. The molecule has 0 saturated carbocycles. The van der Waals surface area contributed by atoms with Gasteiger partial charge in [-0.1, -0.05) is 26.0 Å². The third kappa shape index (κ3) is 4.11. The Balaban J connectivity index is 1.66. The second kappa shape index (κ2) is 7.65. The highest BCUT2D eigenvalue weighted by Crippen LogP contribution is 2.20. The predicted octanol–water partition coefficient (Wildman–Crippen LogP) is 0.997. The maximum absolute atomic E-state index is 12.8. The Morgan fingerprint density at radius 1 is 1.15 bits per heavy atom. The average molecular weight is 393 g/mol. The molecular weight excluding hydrogens is 370 g/mol. The van der Waals surface area contributed by atoms with Crippen LogP contribution in [-0.4, -0.2) is 60.0 Å². The second-order valence-electron chi connectivity index (χ2n) is 6.94. The third-order valence-electron chi connectivity index (χ3n) is 4.45. The minimum absolute atomic E-state index is 0.0490. The maximum Gasteiger partial charge on any atom is 0.280 e. The van der Waals surface area contributed by atoms with E-state index >= 15 is 0 Å². The van der Waals surface area contributed by atoms with Gasteiger partial charge in [-0.2, -0.15) is 4.31 Å². The van der Waals surface area contributed by atoms with Gasteiger partial charge >= 0.3 is 0 Å². The minimum Gasteiger partial charge on any atom is -0.379 e. The fourth-order valence-corrected chi connectivity index (χ4v) is 4.47. The molecule has 0 unspecified atom stereocenters. The number of carbonyl (C=O) groups excluding carboxylic acids is 1. The van der Waals surface area contributed by atoms with Crippen LogP contribution in [-0.2, 0) is 16.4 Å². The number of amides is 1. The third-order valence-corrected chi connectivity index (χ3v) is 6.36. The van der Waals surface area contributed by atoms with Gasteiger partial charge < -0.3 is 10.6 Å². The summed E-state index contributed by atoms with van der Waals surface area (Å²) in [7, 11) is -3.59. The monoisotopic (exact) mass is 393 g/mol. The van der Waals surface area contributed by atoms with Gasteiger partial charge in [-0.3, -0.25) is 4.79 Å². The van der Waals surface area contributed by atoms with Gasteiger partial charge in [-0.25, -0.2) is 13.0 Å². The van der Waals surface area contributed by atoms with Crippen molar-refractivity contribution in [2.75, 3.05) is 31.9 Å². The fraction of sp³-hybridized carbons (Fsp3) is 0.471. The zero-order chi connectivity index (χ0) is 19.6. The van der Waals surface area contributed by atoms with Crippen LogP contribution in [0.5, 0.6) is 0 Å². The van der Waals surface area contributed by atoms with E-state index in [0.717, 1.165) is 12.0 Å². The van der Waals surface area contributed by atoms with Crippen LogP contribution in [0.4, 0.5) is 5.82 Å². The number of sulfonamides is 1. The van der Waals surface area contributed by atoms with Crippen molar-refractivity contribution in [2.24, 2.45) is 5.92 Å². The first-order chi connectivity index (χ1) is 12.8. The standard InChI is InChI=1S/C17H23N5O4S/c1-12(2)11-13-3-5-14(6-4-13)27(24,25)22-9-7-21(8-10-22)17(23)15-16(18)20-26-19-15/h3-6,12H,7-11H2,1-2H3,(H2,18,20). The Bertz CT molecular complexity index is 900. The van der Waals surface area contributed by atoms with Crippen molar-refractivity contribution in [3.63, 3.8) is 0 Å². The van der Waals surface area contributed by atoms with E-state index in [2.05, 4.69) is 28.8 Å². The first-order valence-electron chi connectivity index (χ1n) is 8.75. The van der Waals surface area contributed by atoms with Gasteiger partial charge in [0.1, 0.15) is 0 Å². The smallest absolute Gasteiger partial charge is 0.280 e. The number of piperazine rings is 1. The SMILES string of the molecule is CC(C)Cc1ccc(S(=O)(=O)N2CCN(C(=O)c3nonc3N)CC2)cc1. The van der Waals surface area contributed by atoms with Crippen LogP contribution < -0.4 is 5.73 Å². The van der Waals surface area contributed by atoms with E-state index in [-0.39, 0.29) is 42.6 Å². The molecule has 2 aromatic rings. The van der Waals surface area contributed by atoms with Crippen molar-refractivity contribution in [1.29, 1.82) is 0 Å². The molecule has 9 nitrogen and oxygen atoms in total. The number of carbonyl (C=O) groups is 1. The van der Waals surface area contributed by atoms with E-state index in [1.54, 1.807) is 12.1 Å². The average Bonchev–Trinajstić information content (AvgIpc) is 3.07.